The van der Waals surface area contributed by atoms with E-state index in [2.05, 4.69) is 10.3 Å². The maximum absolute atomic E-state index is 12.4. The largest absolute Gasteiger partial charge is 0.354 e. The second-order valence-corrected chi connectivity index (χ2v) is 8.84. The van der Waals surface area contributed by atoms with Gasteiger partial charge in [-0.2, -0.15) is 0 Å². The maximum atomic E-state index is 12.4. The lowest BCUT2D eigenvalue weighted by molar-refractivity contribution is -0.127. The van der Waals surface area contributed by atoms with Gasteiger partial charge in [0.15, 0.2) is 0 Å². The van der Waals surface area contributed by atoms with Crippen molar-refractivity contribution in [2.45, 2.75) is 13.3 Å². The molecule has 1 unspecified atom stereocenters. The number of nitrogens with one attached hydrogen (secondary N) is 1. The molecule has 0 radical (unpaired) electrons. The van der Waals surface area contributed by atoms with Crippen LogP contribution in [-0.4, -0.2) is 58.2 Å². The van der Waals surface area contributed by atoms with Crippen molar-refractivity contribution in [3.63, 3.8) is 0 Å². The first kappa shape index (κ1) is 18.9. The molecule has 1 N–H and O–H groups in total. The molecule has 2 aromatic rings. The average molecular weight is 419 g/mol. The number of anilines is 1. The molecule has 4 amide bonds. The van der Waals surface area contributed by atoms with Crippen molar-refractivity contribution in [2.24, 2.45) is 5.92 Å². The van der Waals surface area contributed by atoms with Gasteiger partial charge in [0.25, 0.3) is 5.24 Å². The van der Waals surface area contributed by atoms with Gasteiger partial charge in [0.05, 0.1) is 26.9 Å². The van der Waals surface area contributed by atoms with Crippen molar-refractivity contribution < 1.29 is 19.2 Å². The molecule has 8 nitrogen and oxygen atoms in total. The van der Waals surface area contributed by atoms with E-state index in [1.54, 1.807) is 16.2 Å². The molecule has 28 heavy (non-hydrogen) atoms. The van der Waals surface area contributed by atoms with Crippen LogP contribution in [0, 0.1) is 12.8 Å². The van der Waals surface area contributed by atoms with Crippen molar-refractivity contribution in [2.75, 3.05) is 30.3 Å². The summed E-state index contributed by atoms with van der Waals surface area (Å²) >= 11 is 2.56. The summed E-state index contributed by atoms with van der Waals surface area (Å²) in [6, 6.07) is 5.69. The Labute approximate surface area is 169 Å². The monoisotopic (exact) mass is 418 g/mol. The molecule has 146 valence electrons. The first-order valence-corrected chi connectivity index (χ1v) is 10.6. The summed E-state index contributed by atoms with van der Waals surface area (Å²) < 4.78 is 1.06. The van der Waals surface area contributed by atoms with Crippen LogP contribution in [0.3, 0.4) is 0 Å². The zero-order chi connectivity index (χ0) is 19.8. The second kappa shape index (κ2) is 7.51. The quantitative estimate of drug-likeness (QED) is 0.794. The highest BCUT2D eigenvalue weighted by Gasteiger charge is 2.35. The van der Waals surface area contributed by atoms with Crippen molar-refractivity contribution in [1.82, 2.24) is 15.2 Å². The lowest BCUT2D eigenvalue weighted by Gasteiger charge is -2.17. The van der Waals surface area contributed by atoms with Gasteiger partial charge in [-0.15, -0.1) is 11.3 Å². The van der Waals surface area contributed by atoms with E-state index in [0.717, 1.165) is 37.6 Å². The molecule has 2 fully saturated rings. The third kappa shape index (κ3) is 3.61. The highest BCUT2D eigenvalue weighted by atomic mass is 32.2. The number of thioether (sulfide) groups is 1. The van der Waals surface area contributed by atoms with Crippen LogP contribution in [0.25, 0.3) is 10.2 Å². The minimum atomic E-state index is -0.459. The molecule has 10 heteroatoms. The third-order valence-electron chi connectivity index (χ3n) is 4.76. The zero-order valence-corrected chi connectivity index (χ0v) is 16.8. The highest BCUT2D eigenvalue weighted by molar-refractivity contribution is 8.14. The van der Waals surface area contributed by atoms with E-state index in [1.807, 2.05) is 25.1 Å². The molecule has 2 aliphatic heterocycles. The molecular weight excluding hydrogens is 400 g/mol. The van der Waals surface area contributed by atoms with E-state index in [0.29, 0.717) is 6.54 Å². The summed E-state index contributed by atoms with van der Waals surface area (Å²) in [6.45, 7) is 2.58. The van der Waals surface area contributed by atoms with Crippen LogP contribution in [-0.2, 0) is 14.4 Å². The Morgan fingerprint density at radius 2 is 2.11 bits per heavy atom. The van der Waals surface area contributed by atoms with Crippen LogP contribution in [0.1, 0.15) is 11.4 Å². The van der Waals surface area contributed by atoms with Crippen LogP contribution in [0.5, 0.6) is 0 Å². The molecule has 2 aliphatic rings. The lowest BCUT2D eigenvalue weighted by Crippen LogP contribution is -2.40. The SMILES string of the molecule is Cc1nc2cc(N3CC(C(=O)NCCN4C(=O)CSC4=O)CC3=O)ccc2s1. The number of rotatable bonds is 5. The fourth-order valence-corrected chi connectivity index (χ4v) is 4.92. The number of nitrogens with zero attached hydrogens (tertiary/aromatic N) is 3. The Morgan fingerprint density at radius 3 is 2.86 bits per heavy atom. The third-order valence-corrected chi connectivity index (χ3v) is 6.57. The van der Waals surface area contributed by atoms with Gasteiger partial charge in [0.2, 0.25) is 17.7 Å². The average Bonchev–Trinajstić information content (AvgIpc) is 3.32. The van der Waals surface area contributed by atoms with Crippen molar-refractivity contribution in [3.8, 4) is 0 Å². The number of aryl methyl sites for hydroxylation is 1. The fraction of sp³-hybridized carbons (Fsp3) is 0.389. The molecule has 0 bridgehead atoms. The minimum absolute atomic E-state index is 0.104. The normalized spacial score (nSPS) is 19.9. The second-order valence-electron chi connectivity index (χ2n) is 6.68. The standard InChI is InChI=1S/C18H18N4O4S2/c1-10-20-13-7-12(2-3-14(13)28-10)22-8-11(6-15(22)23)17(25)19-4-5-21-16(24)9-27-18(21)26/h2-3,7,11H,4-6,8-9H2,1H3,(H,19,25). The molecule has 1 aromatic carbocycles. The molecule has 1 atom stereocenters. The summed E-state index contributed by atoms with van der Waals surface area (Å²) in [5.74, 6) is -0.887. The van der Waals surface area contributed by atoms with Crippen LogP contribution >= 0.6 is 23.1 Å². The van der Waals surface area contributed by atoms with Crippen LogP contribution in [0.15, 0.2) is 18.2 Å². The Bertz CT molecular complexity index is 973. The van der Waals surface area contributed by atoms with Crippen LogP contribution < -0.4 is 10.2 Å². The number of aromatic nitrogens is 1. The molecule has 0 spiro atoms. The molecule has 3 heterocycles. The number of hydrogen-bond donors (Lipinski definition) is 1. The van der Waals surface area contributed by atoms with Gasteiger partial charge in [-0.1, -0.05) is 11.8 Å². The molecule has 0 saturated carbocycles. The van der Waals surface area contributed by atoms with Crippen molar-refractivity contribution in [1.29, 1.82) is 0 Å². The Hall–Kier alpha value is -2.46. The fourth-order valence-electron chi connectivity index (χ4n) is 3.36. The summed E-state index contributed by atoms with van der Waals surface area (Å²) in [6.07, 6.45) is 0.136. The number of imide groups is 1. The molecule has 2 saturated heterocycles. The minimum Gasteiger partial charge on any atom is -0.354 e. The van der Waals surface area contributed by atoms with Gasteiger partial charge in [-0.05, 0) is 25.1 Å². The number of thiazole rings is 1. The smallest absolute Gasteiger partial charge is 0.288 e. The first-order valence-electron chi connectivity index (χ1n) is 8.85. The summed E-state index contributed by atoms with van der Waals surface area (Å²) in [5.41, 5.74) is 1.59. The Balaban J connectivity index is 1.36. The van der Waals surface area contributed by atoms with E-state index >= 15 is 0 Å². The van der Waals surface area contributed by atoms with Crippen molar-refractivity contribution in [3.05, 3.63) is 23.2 Å². The summed E-state index contributed by atoms with van der Waals surface area (Å²) in [5, 5.41) is 3.41. The molecule has 4 rings (SSSR count). The topological polar surface area (TPSA) is 99.7 Å². The lowest BCUT2D eigenvalue weighted by atomic mass is 10.1. The summed E-state index contributed by atoms with van der Waals surface area (Å²) in [4.78, 5) is 55.2. The van der Waals surface area contributed by atoms with Gasteiger partial charge in [0.1, 0.15) is 0 Å². The van der Waals surface area contributed by atoms with E-state index in [9.17, 15) is 19.2 Å². The molecule has 0 aliphatic carbocycles. The number of carbonyl (C=O) groups is 4. The van der Waals surface area contributed by atoms with Crippen LogP contribution in [0.4, 0.5) is 10.5 Å². The predicted octanol–water partition coefficient (Wildman–Crippen LogP) is 1.77. The molecule has 1 aromatic heterocycles. The molecular formula is C18H18N4O4S2. The highest BCUT2D eigenvalue weighted by Crippen LogP contribution is 2.30. The summed E-state index contributed by atoms with van der Waals surface area (Å²) in [7, 11) is 0. The first-order chi connectivity index (χ1) is 13.4. The van der Waals surface area contributed by atoms with Gasteiger partial charge < -0.3 is 10.2 Å². The zero-order valence-electron chi connectivity index (χ0n) is 15.1. The van der Waals surface area contributed by atoms with E-state index in [-0.39, 0.29) is 48.2 Å². The Morgan fingerprint density at radius 1 is 1.29 bits per heavy atom. The van der Waals surface area contributed by atoms with E-state index in [4.69, 9.17) is 0 Å². The Kier molecular flexibility index (Phi) is 5.07. The number of carbonyl (C=O) groups excluding carboxylic acids is 4. The maximum Gasteiger partial charge on any atom is 0.288 e. The van der Waals surface area contributed by atoms with Gasteiger partial charge in [-0.25, -0.2) is 4.98 Å². The number of amides is 4. The predicted molar refractivity (Wildman–Crippen MR) is 107 cm³/mol. The van der Waals surface area contributed by atoms with Gasteiger partial charge in [-0.3, -0.25) is 24.1 Å². The van der Waals surface area contributed by atoms with Gasteiger partial charge >= 0.3 is 0 Å². The van der Waals surface area contributed by atoms with E-state index in [1.165, 1.54) is 0 Å². The number of hydrogen-bond acceptors (Lipinski definition) is 7. The van der Waals surface area contributed by atoms with E-state index < -0.39 is 5.92 Å². The number of benzene rings is 1. The van der Waals surface area contributed by atoms with Crippen molar-refractivity contribution >= 4 is 62.0 Å². The van der Waals surface area contributed by atoms with Crippen LogP contribution in [0.2, 0.25) is 0 Å². The number of fused-ring (bicyclic) bond motifs is 1. The van der Waals surface area contributed by atoms with Gasteiger partial charge in [0, 0.05) is 31.7 Å².